The molecule has 0 spiro atoms. The summed E-state index contributed by atoms with van der Waals surface area (Å²) in [6.07, 6.45) is 5.25. The summed E-state index contributed by atoms with van der Waals surface area (Å²) in [6.45, 7) is 12.2. The van der Waals surface area contributed by atoms with E-state index in [1.807, 2.05) is 57.2 Å². The number of carbonyl (C=O) groups is 7. The molecule has 3 fully saturated rings. The smallest absolute Gasteiger partial charge is 0.427 e. The van der Waals surface area contributed by atoms with Gasteiger partial charge in [0.1, 0.15) is 35.7 Å². The van der Waals surface area contributed by atoms with Gasteiger partial charge in [0.15, 0.2) is 37.8 Å². The number of carbonyl (C=O) groups excluding carboxylic acids is 7. The predicted octanol–water partition coefficient (Wildman–Crippen LogP) is 11.5. The molecule has 0 aromatic heterocycles. The molecular formula is C57H63Cl4FN4O15S. The highest BCUT2D eigenvalue weighted by atomic mass is 35.5. The van der Waals surface area contributed by atoms with E-state index in [9.17, 15) is 56.5 Å². The monoisotopic (exact) mass is 1230 g/mol. The summed E-state index contributed by atoms with van der Waals surface area (Å²) in [4.78, 5) is 97.3. The maximum Gasteiger partial charge on any atom is 0.427 e. The number of aryl methyl sites for hydroxylation is 2. The van der Waals surface area contributed by atoms with Crippen molar-refractivity contribution in [3.05, 3.63) is 122 Å². The fraction of sp³-hybridized carbons (Fsp3) is 0.421. The lowest BCUT2D eigenvalue weighted by atomic mass is 9.81. The van der Waals surface area contributed by atoms with Crippen molar-refractivity contribution in [1.29, 1.82) is 0 Å². The van der Waals surface area contributed by atoms with Gasteiger partial charge < -0.3 is 28.7 Å². The normalized spacial score (nSPS) is 16.6. The Morgan fingerprint density at radius 1 is 0.939 bits per heavy atom. The van der Waals surface area contributed by atoms with Crippen molar-refractivity contribution in [2.45, 2.75) is 121 Å². The van der Waals surface area contributed by atoms with Crippen molar-refractivity contribution in [1.82, 2.24) is 0 Å². The molecule has 4 aliphatic rings. The van der Waals surface area contributed by atoms with Crippen molar-refractivity contribution in [2.24, 2.45) is 5.92 Å². The number of Topliss-reactive ketones (excluding diaryl/α,β-unsaturated/α-hetero) is 3. The van der Waals surface area contributed by atoms with Crippen LogP contribution in [0.5, 0.6) is 11.5 Å². The van der Waals surface area contributed by atoms with Gasteiger partial charge in [0, 0.05) is 38.3 Å². The largest absolute Gasteiger partial charge is 0.489 e. The number of methoxy groups -OCH3 is 1. The molecule has 4 amide bonds. The molecule has 4 aromatic carbocycles. The lowest BCUT2D eigenvalue weighted by molar-refractivity contribution is -0.385. The number of alkyl halides is 3. The van der Waals surface area contributed by atoms with Gasteiger partial charge >= 0.3 is 12.0 Å². The molecule has 442 valence electrons. The minimum absolute atomic E-state index is 0.00962. The summed E-state index contributed by atoms with van der Waals surface area (Å²) in [5.41, 5.74) is 3.08. The zero-order chi connectivity index (χ0) is 60.9. The fourth-order valence-electron chi connectivity index (χ4n) is 9.37. The van der Waals surface area contributed by atoms with Gasteiger partial charge in [-0.05, 0) is 120 Å². The molecule has 1 saturated heterocycles. The molecule has 4 aromatic rings. The van der Waals surface area contributed by atoms with Crippen molar-refractivity contribution < 1.29 is 70.2 Å². The number of ketones is 3. The average Bonchev–Trinajstić information content (AvgIpc) is 3.79. The first-order chi connectivity index (χ1) is 38.7. The fourth-order valence-corrected chi connectivity index (χ4v) is 10.5. The number of amides is 4. The number of nitrogens with zero attached hydrogens (tertiary/aromatic N) is 4. The second kappa shape index (κ2) is 29.7. The quantitative estimate of drug-likeness (QED) is 0.0285. The molecular weight excluding hydrogens is 1170 g/mol. The predicted molar refractivity (Wildman–Crippen MR) is 309 cm³/mol. The van der Waals surface area contributed by atoms with E-state index < -0.39 is 71.9 Å². The number of anilines is 3. The number of cyclic esters (lactones) is 1. The molecule has 25 heteroatoms. The first-order valence-electron chi connectivity index (χ1n) is 25.9. The number of ether oxygens (including phenoxy) is 4. The molecule has 2 heterocycles. The number of allylic oxidation sites excluding steroid dienone is 1. The Bertz CT molecular complexity index is 3230. The number of benzene rings is 4. The maximum absolute atomic E-state index is 14.3. The Labute approximate surface area is 494 Å². The van der Waals surface area contributed by atoms with Gasteiger partial charge in [-0.1, -0.05) is 72.1 Å². The number of fused-ring (bicyclic) bond motifs is 1. The van der Waals surface area contributed by atoms with Crippen LogP contribution < -0.4 is 24.2 Å². The van der Waals surface area contributed by atoms with Crippen LogP contribution in [0, 0.1) is 28.8 Å². The summed E-state index contributed by atoms with van der Waals surface area (Å²) in [5.74, 6) is -4.68. The average molecular weight is 1240 g/mol. The number of rotatable bonds is 14. The molecule has 0 bridgehead atoms. The molecule has 2 atom stereocenters. The second-order valence-electron chi connectivity index (χ2n) is 19.7. The maximum atomic E-state index is 14.3. The highest BCUT2D eigenvalue weighted by molar-refractivity contribution is 7.90. The standard InChI is InChI=1S/C17H17ClFNO4.C15H22ClNO2.C14H13NO7S.C11H11Cl2NO2/c1-9(2)15-16(21)20(17(22)24-15)13-8-14(11(18)7-12(13)19)23-10-5-3-4-6-10;1-5-13-8-6-7-11(2)15(13)17(14(18)9-16)12(3)10-19-4;1-23(21,22)8-5-6-9(10(7-8)15(19)20)14(18)13-11(16)3-2-4-12(13)17;1-7-6-16-9-5-3-2-4-8(9)14(7)11(15)10(12)13/h7-8,10H,3-6H2,1-2H3;6-8,12H,5,9-10H2,1-4H3;5-7,13H,2-4H2,1H3;2-5,7,10H,6H2,1H3. The third-order valence-corrected chi connectivity index (χ3v) is 15.3. The number of hydrogen-bond donors (Lipinski definition) is 0. The van der Waals surface area contributed by atoms with Gasteiger partial charge in [0.05, 0.1) is 62.3 Å². The van der Waals surface area contributed by atoms with E-state index in [4.69, 9.17) is 65.4 Å². The minimum Gasteiger partial charge on any atom is -0.489 e. The van der Waals surface area contributed by atoms with Gasteiger partial charge in [-0.15, -0.1) is 11.6 Å². The Morgan fingerprint density at radius 2 is 1.59 bits per heavy atom. The van der Waals surface area contributed by atoms with Crippen LogP contribution in [-0.2, 0) is 49.7 Å². The zero-order valence-electron chi connectivity index (χ0n) is 46.3. The van der Waals surface area contributed by atoms with Crippen LogP contribution in [0.3, 0.4) is 0 Å². The molecule has 2 aliphatic heterocycles. The third-order valence-electron chi connectivity index (χ3n) is 13.3. The molecule has 19 nitrogen and oxygen atoms in total. The number of para-hydroxylation sites is 3. The summed E-state index contributed by atoms with van der Waals surface area (Å²) >= 11 is 23.1. The van der Waals surface area contributed by atoms with Crippen molar-refractivity contribution >= 4 is 120 Å². The molecule has 2 saturated carbocycles. The van der Waals surface area contributed by atoms with E-state index in [1.165, 1.54) is 6.07 Å². The Balaban J connectivity index is 0.000000203. The van der Waals surface area contributed by atoms with Crippen molar-refractivity contribution in [3.8, 4) is 11.5 Å². The SMILES string of the molecule is CC(C)=C1OC(=O)N(c2cc(OC3CCCC3)c(Cl)cc2F)C1=O.CC1COc2ccccc2N1C(=O)C(Cl)Cl.CCc1cccc(C)c1N(C(=O)CCl)C(C)COC.CS(=O)(=O)c1ccc(C(=O)C2C(=O)CCCC2=O)c([N+](=O)[O-])c1. The van der Waals surface area contributed by atoms with Crippen LogP contribution in [0.1, 0.15) is 101 Å². The van der Waals surface area contributed by atoms with E-state index in [-0.39, 0.29) is 75.8 Å². The van der Waals surface area contributed by atoms with Crippen LogP contribution in [-0.4, -0.2) is 110 Å². The minimum atomic E-state index is -3.70. The Hall–Kier alpha value is -6.49. The van der Waals surface area contributed by atoms with Crippen LogP contribution in [0.2, 0.25) is 5.02 Å². The topological polar surface area (TPSA) is 243 Å². The molecule has 8 rings (SSSR count). The number of imide groups is 1. The highest BCUT2D eigenvalue weighted by Gasteiger charge is 2.42. The molecule has 2 aliphatic carbocycles. The van der Waals surface area contributed by atoms with Gasteiger partial charge in [0.2, 0.25) is 5.91 Å². The van der Waals surface area contributed by atoms with Gasteiger partial charge in [0.25, 0.3) is 11.6 Å². The van der Waals surface area contributed by atoms with E-state index in [0.717, 1.165) is 85.1 Å². The zero-order valence-corrected chi connectivity index (χ0v) is 50.1. The first kappa shape index (κ1) is 66.3. The van der Waals surface area contributed by atoms with Crippen LogP contribution in [0.4, 0.5) is 31.9 Å². The molecule has 82 heavy (non-hydrogen) atoms. The van der Waals surface area contributed by atoms with Crippen LogP contribution >= 0.6 is 46.4 Å². The first-order valence-corrected chi connectivity index (χ1v) is 29.6. The van der Waals surface area contributed by atoms with Gasteiger partial charge in [-0.25, -0.2) is 22.5 Å². The number of sulfone groups is 1. The van der Waals surface area contributed by atoms with Gasteiger partial charge in [-0.2, -0.15) is 0 Å². The van der Waals surface area contributed by atoms with Crippen molar-refractivity contribution in [2.75, 3.05) is 47.2 Å². The van der Waals surface area contributed by atoms with E-state index in [2.05, 4.69) is 13.0 Å². The summed E-state index contributed by atoms with van der Waals surface area (Å²) in [6, 6.07) is 18.4. The lowest BCUT2D eigenvalue weighted by Gasteiger charge is -2.35. The van der Waals surface area contributed by atoms with Crippen LogP contribution in [0.15, 0.2) is 89.0 Å². The number of nitro benzene ring substituents is 1. The summed E-state index contributed by atoms with van der Waals surface area (Å²) in [7, 11) is -2.06. The molecule has 0 radical (unpaired) electrons. The number of nitro groups is 1. The van der Waals surface area contributed by atoms with Gasteiger partial charge in [-0.3, -0.25) is 38.9 Å². The van der Waals surface area contributed by atoms with Crippen LogP contribution in [0.25, 0.3) is 0 Å². The van der Waals surface area contributed by atoms with E-state index >= 15 is 0 Å². The van der Waals surface area contributed by atoms with E-state index in [0.29, 0.717) is 35.9 Å². The van der Waals surface area contributed by atoms with Crippen molar-refractivity contribution in [3.63, 3.8) is 0 Å². The number of halogens is 5. The summed E-state index contributed by atoms with van der Waals surface area (Å²) in [5, 5.41) is 11.2. The Morgan fingerprint density at radius 3 is 2.15 bits per heavy atom. The lowest BCUT2D eigenvalue weighted by Crippen LogP contribution is -2.47. The molecule has 2 unspecified atom stereocenters. The third kappa shape index (κ3) is 16.2. The number of hydrogen-bond acceptors (Lipinski definition) is 15. The van der Waals surface area contributed by atoms with E-state index in [1.54, 1.807) is 30.8 Å². The molecule has 0 N–H and O–H groups in total. The Kier molecular flexibility index (Phi) is 24.0. The summed E-state index contributed by atoms with van der Waals surface area (Å²) < 4.78 is 58.7. The highest BCUT2D eigenvalue weighted by Crippen LogP contribution is 2.39. The second-order valence-corrected chi connectivity index (χ2v) is 23.4.